The molecule has 1 aliphatic rings. The highest BCUT2D eigenvalue weighted by molar-refractivity contribution is 5.29. The molecule has 1 aromatic heterocycles. The SMILES string of the molecule is O=c1nc2n(n1-c1ccccc1)CCCCC2. The molecule has 0 fully saturated rings. The van der Waals surface area contributed by atoms with E-state index in [1.807, 2.05) is 35.0 Å². The average Bonchev–Trinajstić information content (AvgIpc) is 2.52. The maximum absolute atomic E-state index is 12.0. The molecule has 2 heterocycles. The monoisotopic (exact) mass is 229 g/mol. The zero-order chi connectivity index (χ0) is 11.7. The number of nitrogens with zero attached hydrogens (tertiary/aromatic N) is 3. The van der Waals surface area contributed by atoms with Crippen molar-refractivity contribution >= 4 is 0 Å². The van der Waals surface area contributed by atoms with Crippen LogP contribution in [0.3, 0.4) is 0 Å². The van der Waals surface area contributed by atoms with Crippen LogP contribution in [0.5, 0.6) is 0 Å². The summed E-state index contributed by atoms with van der Waals surface area (Å²) in [7, 11) is 0. The van der Waals surface area contributed by atoms with Gasteiger partial charge in [-0.1, -0.05) is 24.6 Å². The van der Waals surface area contributed by atoms with Crippen LogP contribution >= 0.6 is 0 Å². The molecule has 0 unspecified atom stereocenters. The molecule has 1 aromatic carbocycles. The Hall–Kier alpha value is -1.84. The minimum Gasteiger partial charge on any atom is -0.263 e. The molecule has 0 bridgehead atoms. The summed E-state index contributed by atoms with van der Waals surface area (Å²) in [5.41, 5.74) is 0.742. The van der Waals surface area contributed by atoms with Crippen LogP contribution in [-0.2, 0) is 13.0 Å². The summed E-state index contributed by atoms with van der Waals surface area (Å²) < 4.78 is 3.73. The third-order valence-electron chi connectivity index (χ3n) is 3.22. The molecule has 0 amide bonds. The van der Waals surface area contributed by atoms with Crippen LogP contribution in [0.25, 0.3) is 5.69 Å². The lowest BCUT2D eigenvalue weighted by atomic mass is 10.2. The highest BCUT2D eigenvalue weighted by atomic mass is 16.2. The summed E-state index contributed by atoms with van der Waals surface area (Å²) in [6, 6.07) is 9.73. The van der Waals surface area contributed by atoms with Gasteiger partial charge in [-0.3, -0.25) is 4.68 Å². The second-order valence-corrected chi connectivity index (χ2v) is 4.39. The number of hydrogen-bond donors (Lipinski definition) is 0. The lowest BCUT2D eigenvalue weighted by Gasteiger charge is -2.10. The van der Waals surface area contributed by atoms with E-state index in [2.05, 4.69) is 4.98 Å². The summed E-state index contributed by atoms with van der Waals surface area (Å²) >= 11 is 0. The van der Waals surface area contributed by atoms with E-state index in [1.165, 1.54) is 6.42 Å². The van der Waals surface area contributed by atoms with E-state index in [1.54, 1.807) is 4.68 Å². The van der Waals surface area contributed by atoms with Crippen molar-refractivity contribution in [2.75, 3.05) is 0 Å². The standard InChI is InChI=1S/C13H15N3O/c17-13-14-12-9-5-2-6-10-15(12)16(13)11-7-3-1-4-8-11/h1,3-4,7-8H,2,5-6,9-10H2. The number of aryl methyl sites for hydroxylation is 1. The van der Waals surface area contributed by atoms with Crippen molar-refractivity contribution in [3.8, 4) is 5.69 Å². The molecule has 0 aliphatic carbocycles. The van der Waals surface area contributed by atoms with E-state index >= 15 is 0 Å². The number of hydrogen-bond acceptors (Lipinski definition) is 2. The second-order valence-electron chi connectivity index (χ2n) is 4.39. The molecule has 88 valence electrons. The van der Waals surface area contributed by atoms with E-state index in [4.69, 9.17) is 0 Å². The third kappa shape index (κ3) is 1.79. The van der Waals surface area contributed by atoms with Crippen molar-refractivity contribution in [1.29, 1.82) is 0 Å². The van der Waals surface area contributed by atoms with E-state index in [9.17, 15) is 4.79 Å². The van der Waals surface area contributed by atoms with Crippen LogP contribution in [0.15, 0.2) is 35.1 Å². The topological polar surface area (TPSA) is 39.8 Å². The molecule has 2 aromatic rings. The van der Waals surface area contributed by atoms with Crippen LogP contribution in [0.2, 0.25) is 0 Å². The Morgan fingerprint density at radius 2 is 1.88 bits per heavy atom. The first-order valence-electron chi connectivity index (χ1n) is 6.10. The van der Waals surface area contributed by atoms with Crippen molar-refractivity contribution in [1.82, 2.24) is 14.3 Å². The third-order valence-corrected chi connectivity index (χ3v) is 3.22. The van der Waals surface area contributed by atoms with Gasteiger partial charge in [0.05, 0.1) is 5.69 Å². The fourth-order valence-electron chi connectivity index (χ4n) is 2.39. The van der Waals surface area contributed by atoms with Gasteiger partial charge >= 0.3 is 5.69 Å². The molecule has 0 spiro atoms. The lowest BCUT2D eigenvalue weighted by molar-refractivity contribution is 0.519. The highest BCUT2D eigenvalue weighted by Crippen LogP contribution is 2.14. The van der Waals surface area contributed by atoms with Gasteiger partial charge in [0.25, 0.3) is 0 Å². The van der Waals surface area contributed by atoms with E-state index in [0.717, 1.165) is 37.3 Å². The largest absolute Gasteiger partial charge is 0.368 e. The zero-order valence-electron chi connectivity index (χ0n) is 9.67. The number of rotatable bonds is 1. The van der Waals surface area contributed by atoms with E-state index < -0.39 is 0 Å². The number of benzene rings is 1. The highest BCUT2D eigenvalue weighted by Gasteiger charge is 2.16. The first kappa shape index (κ1) is 10.3. The van der Waals surface area contributed by atoms with Crippen LogP contribution in [0, 0.1) is 0 Å². The smallest absolute Gasteiger partial charge is 0.263 e. The number of para-hydroxylation sites is 1. The molecule has 0 saturated heterocycles. The van der Waals surface area contributed by atoms with Gasteiger partial charge in [-0.15, -0.1) is 0 Å². The Balaban J connectivity index is 2.17. The first-order chi connectivity index (χ1) is 8.36. The number of fused-ring (bicyclic) bond motifs is 1. The molecule has 0 N–H and O–H groups in total. The molecule has 1 aliphatic heterocycles. The first-order valence-corrected chi connectivity index (χ1v) is 6.10. The Labute approximate surface area is 99.5 Å². The lowest BCUT2D eigenvalue weighted by Crippen LogP contribution is -2.22. The van der Waals surface area contributed by atoms with Crippen molar-refractivity contribution in [2.45, 2.75) is 32.2 Å². The van der Waals surface area contributed by atoms with Crippen molar-refractivity contribution in [2.24, 2.45) is 0 Å². The number of aromatic nitrogens is 3. The minimum atomic E-state index is -0.159. The van der Waals surface area contributed by atoms with Crippen LogP contribution in [0.4, 0.5) is 0 Å². The molecule has 4 heteroatoms. The van der Waals surface area contributed by atoms with Crippen molar-refractivity contribution in [3.63, 3.8) is 0 Å². The summed E-state index contributed by atoms with van der Waals surface area (Å²) in [5, 5.41) is 0. The summed E-state index contributed by atoms with van der Waals surface area (Å²) in [6.07, 6.45) is 4.38. The zero-order valence-corrected chi connectivity index (χ0v) is 9.67. The minimum absolute atomic E-state index is 0.159. The summed E-state index contributed by atoms with van der Waals surface area (Å²) in [5.74, 6) is 0.927. The van der Waals surface area contributed by atoms with Gasteiger partial charge in [-0.2, -0.15) is 9.67 Å². The molecule has 0 radical (unpaired) electrons. The Morgan fingerprint density at radius 3 is 2.71 bits per heavy atom. The van der Waals surface area contributed by atoms with E-state index in [0.29, 0.717) is 0 Å². The molecule has 0 atom stereocenters. The van der Waals surface area contributed by atoms with Crippen LogP contribution in [-0.4, -0.2) is 14.3 Å². The van der Waals surface area contributed by atoms with Crippen LogP contribution in [0.1, 0.15) is 25.1 Å². The van der Waals surface area contributed by atoms with Gasteiger partial charge in [0.15, 0.2) is 0 Å². The average molecular weight is 229 g/mol. The fraction of sp³-hybridized carbons (Fsp3) is 0.385. The molecular weight excluding hydrogens is 214 g/mol. The molecule has 17 heavy (non-hydrogen) atoms. The Kier molecular flexibility index (Phi) is 2.55. The predicted octanol–water partition coefficient (Wildman–Crippen LogP) is 1.76. The van der Waals surface area contributed by atoms with Crippen molar-refractivity contribution in [3.05, 3.63) is 46.6 Å². The van der Waals surface area contributed by atoms with E-state index in [-0.39, 0.29) is 5.69 Å². The maximum atomic E-state index is 12.0. The fourth-order valence-corrected chi connectivity index (χ4v) is 2.39. The molecule has 0 saturated carbocycles. The van der Waals surface area contributed by atoms with Crippen molar-refractivity contribution < 1.29 is 0 Å². The molecular formula is C13H15N3O. The van der Waals surface area contributed by atoms with Gasteiger partial charge in [-0.25, -0.2) is 4.79 Å². The summed E-state index contributed by atoms with van der Waals surface area (Å²) in [6.45, 7) is 0.888. The van der Waals surface area contributed by atoms with Gasteiger partial charge in [0.2, 0.25) is 0 Å². The van der Waals surface area contributed by atoms with Gasteiger partial charge in [0.1, 0.15) is 5.82 Å². The molecule has 4 nitrogen and oxygen atoms in total. The molecule has 3 rings (SSSR count). The summed E-state index contributed by atoms with van der Waals surface area (Å²) in [4.78, 5) is 16.1. The Morgan fingerprint density at radius 1 is 1.06 bits per heavy atom. The van der Waals surface area contributed by atoms with Gasteiger partial charge in [-0.05, 0) is 25.0 Å². The maximum Gasteiger partial charge on any atom is 0.368 e. The Bertz CT molecular complexity index is 568. The predicted molar refractivity (Wildman–Crippen MR) is 65.4 cm³/mol. The van der Waals surface area contributed by atoms with Crippen LogP contribution < -0.4 is 5.69 Å². The van der Waals surface area contributed by atoms with Gasteiger partial charge < -0.3 is 0 Å². The normalized spacial score (nSPS) is 15.3. The van der Waals surface area contributed by atoms with Gasteiger partial charge in [0, 0.05) is 13.0 Å². The quantitative estimate of drug-likeness (QED) is 0.747. The second kappa shape index (κ2) is 4.20.